The average molecular weight is 455 g/mol. The highest BCUT2D eigenvalue weighted by atomic mass is 79.9. The first kappa shape index (κ1) is 18.6. The molecule has 0 atom stereocenters. The van der Waals surface area contributed by atoms with Gasteiger partial charge in [0.2, 0.25) is 0 Å². The molecule has 0 aliphatic heterocycles. The zero-order valence-corrected chi connectivity index (χ0v) is 17.3. The van der Waals surface area contributed by atoms with E-state index in [0.717, 1.165) is 20.6 Å². The first-order valence-electron chi connectivity index (χ1n) is 8.41. The molecular formula is C20H15BrN4O2S. The number of methoxy groups -OCH3 is 1. The maximum atomic E-state index is 12.6. The van der Waals surface area contributed by atoms with Gasteiger partial charge in [0.1, 0.15) is 17.1 Å². The zero-order chi connectivity index (χ0) is 19.5. The molecule has 6 nitrogen and oxygen atoms in total. The Morgan fingerprint density at radius 1 is 1.18 bits per heavy atom. The fourth-order valence-electron chi connectivity index (χ4n) is 2.75. The van der Waals surface area contributed by atoms with Gasteiger partial charge in [-0.15, -0.1) is 0 Å². The molecule has 8 heteroatoms. The third-order valence-electron chi connectivity index (χ3n) is 4.14. The number of carbonyl (C=O) groups is 1. The molecule has 0 radical (unpaired) electrons. The van der Waals surface area contributed by atoms with Crippen molar-refractivity contribution in [2.24, 2.45) is 0 Å². The number of carbonyl (C=O) groups excluding carboxylic acids is 1. The third-order valence-corrected chi connectivity index (χ3v) is 5.77. The van der Waals surface area contributed by atoms with Crippen molar-refractivity contribution < 1.29 is 9.53 Å². The molecule has 4 aromatic rings. The number of benzene rings is 2. The summed E-state index contributed by atoms with van der Waals surface area (Å²) in [7, 11) is 1.59. The lowest BCUT2D eigenvalue weighted by Gasteiger charge is -2.06. The minimum Gasteiger partial charge on any atom is -0.496 e. The van der Waals surface area contributed by atoms with Crippen LogP contribution < -0.4 is 4.74 Å². The van der Waals surface area contributed by atoms with Gasteiger partial charge in [-0.3, -0.25) is 4.79 Å². The lowest BCUT2D eigenvalue weighted by molar-refractivity contribution is 0.102. The molecule has 2 aromatic heterocycles. The summed E-state index contributed by atoms with van der Waals surface area (Å²) in [6, 6.07) is 15.1. The smallest absolute Gasteiger partial charge is 0.173 e. The Labute approximate surface area is 174 Å². The van der Waals surface area contributed by atoms with E-state index in [1.165, 1.54) is 18.1 Å². The van der Waals surface area contributed by atoms with Crippen molar-refractivity contribution in [2.45, 2.75) is 5.03 Å². The number of fused-ring (bicyclic) bond motifs is 1. The molecule has 0 N–H and O–H groups in total. The van der Waals surface area contributed by atoms with Gasteiger partial charge in [0.15, 0.2) is 11.4 Å². The van der Waals surface area contributed by atoms with E-state index < -0.39 is 0 Å². The summed E-state index contributed by atoms with van der Waals surface area (Å²) in [6.45, 7) is 0. The summed E-state index contributed by atoms with van der Waals surface area (Å²) >= 11 is 4.79. The Hall–Kier alpha value is -2.71. The molecule has 0 amide bonds. The minimum absolute atomic E-state index is 0.00978. The zero-order valence-electron chi connectivity index (χ0n) is 14.9. The predicted molar refractivity (Wildman–Crippen MR) is 112 cm³/mol. The van der Waals surface area contributed by atoms with Crippen LogP contribution in [0, 0.1) is 0 Å². The second-order valence-electron chi connectivity index (χ2n) is 5.87. The summed E-state index contributed by atoms with van der Waals surface area (Å²) in [4.78, 5) is 21.3. The molecule has 28 heavy (non-hydrogen) atoms. The van der Waals surface area contributed by atoms with Crippen LogP contribution in [0.5, 0.6) is 5.75 Å². The van der Waals surface area contributed by atoms with Crippen molar-refractivity contribution in [1.82, 2.24) is 19.7 Å². The van der Waals surface area contributed by atoms with Gasteiger partial charge in [-0.25, -0.2) is 14.6 Å². The van der Waals surface area contributed by atoms with E-state index in [4.69, 9.17) is 4.74 Å². The van der Waals surface area contributed by atoms with Crippen molar-refractivity contribution in [2.75, 3.05) is 12.9 Å². The number of ketones is 1. The Morgan fingerprint density at radius 3 is 2.75 bits per heavy atom. The molecule has 0 unspecified atom stereocenters. The molecule has 0 aliphatic rings. The van der Waals surface area contributed by atoms with Crippen LogP contribution >= 0.6 is 27.7 Å². The van der Waals surface area contributed by atoms with Crippen LogP contribution in [0.25, 0.3) is 16.7 Å². The summed E-state index contributed by atoms with van der Waals surface area (Å²) < 4.78 is 7.72. The van der Waals surface area contributed by atoms with E-state index in [9.17, 15) is 4.79 Å². The first-order valence-corrected chi connectivity index (χ1v) is 10.2. The Morgan fingerprint density at radius 2 is 2.00 bits per heavy atom. The van der Waals surface area contributed by atoms with Crippen LogP contribution in [0.4, 0.5) is 0 Å². The van der Waals surface area contributed by atoms with Crippen molar-refractivity contribution in [3.63, 3.8) is 0 Å². The van der Waals surface area contributed by atoms with E-state index in [-0.39, 0.29) is 11.5 Å². The first-order chi connectivity index (χ1) is 13.7. The lowest BCUT2D eigenvalue weighted by atomic mass is 10.1. The van der Waals surface area contributed by atoms with Crippen LogP contribution in [0.3, 0.4) is 0 Å². The quantitative estimate of drug-likeness (QED) is 0.241. The third kappa shape index (κ3) is 3.65. The Kier molecular flexibility index (Phi) is 5.40. The van der Waals surface area contributed by atoms with Gasteiger partial charge >= 0.3 is 0 Å². The molecule has 0 spiro atoms. The number of rotatable bonds is 6. The number of halogens is 1. The van der Waals surface area contributed by atoms with Gasteiger partial charge in [0.05, 0.1) is 34.6 Å². The number of Topliss-reactive ketones (excluding diaryl/α,β-unsaturated/α-hetero) is 1. The summed E-state index contributed by atoms with van der Waals surface area (Å²) in [5.74, 6) is 0.965. The van der Waals surface area contributed by atoms with Gasteiger partial charge in [0, 0.05) is 5.56 Å². The molecule has 140 valence electrons. The molecule has 0 aliphatic carbocycles. The Balaban J connectivity index is 1.56. The van der Waals surface area contributed by atoms with Gasteiger partial charge in [-0.1, -0.05) is 30.0 Å². The second kappa shape index (κ2) is 8.12. The lowest BCUT2D eigenvalue weighted by Crippen LogP contribution is -2.03. The van der Waals surface area contributed by atoms with Crippen molar-refractivity contribution in [3.05, 3.63) is 71.1 Å². The van der Waals surface area contributed by atoms with E-state index in [0.29, 0.717) is 17.0 Å². The van der Waals surface area contributed by atoms with Crippen LogP contribution in [-0.2, 0) is 0 Å². The van der Waals surface area contributed by atoms with Gasteiger partial charge in [-0.05, 0) is 46.3 Å². The van der Waals surface area contributed by atoms with Crippen molar-refractivity contribution in [3.8, 4) is 11.4 Å². The number of hydrogen-bond acceptors (Lipinski definition) is 6. The topological polar surface area (TPSA) is 69.9 Å². The molecule has 0 bridgehead atoms. The van der Waals surface area contributed by atoms with Crippen LogP contribution in [-0.4, -0.2) is 38.4 Å². The molecule has 2 heterocycles. The normalized spacial score (nSPS) is 10.9. The average Bonchev–Trinajstić information content (AvgIpc) is 3.17. The SMILES string of the molecule is COc1ccc(C(=O)CSc2ncnc3c2cnn3-c2ccccc2)cc1Br. The highest BCUT2D eigenvalue weighted by Crippen LogP contribution is 2.28. The van der Waals surface area contributed by atoms with E-state index in [1.807, 2.05) is 30.3 Å². The van der Waals surface area contributed by atoms with E-state index >= 15 is 0 Å². The van der Waals surface area contributed by atoms with Crippen molar-refractivity contribution in [1.29, 1.82) is 0 Å². The fourth-order valence-corrected chi connectivity index (χ4v) is 4.15. The van der Waals surface area contributed by atoms with Crippen molar-refractivity contribution >= 4 is 44.5 Å². The van der Waals surface area contributed by atoms with Crippen LogP contribution in [0.2, 0.25) is 0 Å². The number of thioether (sulfide) groups is 1. The van der Waals surface area contributed by atoms with Gasteiger partial charge < -0.3 is 4.74 Å². The van der Waals surface area contributed by atoms with Gasteiger partial charge in [-0.2, -0.15) is 5.10 Å². The molecule has 2 aromatic carbocycles. The summed E-state index contributed by atoms with van der Waals surface area (Å²) in [6.07, 6.45) is 3.24. The summed E-state index contributed by atoms with van der Waals surface area (Å²) in [5, 5.41) is 5.99. The molecule has 0 fully saturated rings. The number of nitrogens with zero attached hydrogens (tertiary/aromatic N) is 4. The number of ether oxygens (including phenoxy) is 1. The number of hydrogen-bond donors (Lipinski definition) is 0. The monoisotopic (exact) mass is 454 g/mol. The maximum absolute atomic E-state index is 12.6. The number of aromatic nitrogens is 4. The highest BCUT2D eigenvalue weighted by molar-refractivity contribution is 9.10. The molecular weight excluding hydrogens is 440 g/mol. The molecule has 0 saturated carbocycles. The van der Waals surface area contributed by atoms with Gasteiger partial charge in [0.25, 0.3) is 0 Å². The highest BCUT2D eigenvalue weighted by Gasteiger charge is 2.14. The van der Waals surface area contributed by atoms with Crippen LogP contribution in [0.1, 0.15) is 10.4 Å². The minimum atomic E-state index is 0.00978. The largest absolute Gasteiger partial charge is 0.496 e. The van der Waals surface area contributed by atoms with E-state index in [1.54, 1.807) is 36.2 Å². The second-order valence-corrected chi connectivity index (χ2v) is 7.69. The molecule has 4 rings (SSSR count). The number of para-hydroxylation sites is 1. The van der Waals surface area contributed by atoms with E-state index in [2.05, 4.69) is 31.0 Å². The predicted octanol–water partition coefficient (Wildman–Crippen LogP) is 4.56. The standard InChI is InChI=1S/C20H15BrN4O2S/c1-27-18-8-7-13(9-16(18)21)17(26)11-28-20-15-10-24-25(19(15)22-12-23-20)14-5-3-2-4-6-14/h2-10,12H,11H2,1H3. The Bertz CT molecular complexity index is 1150. The maximum Gasteiger partial charge on any atom is 0.173 e. The molecule has 0 saturated heterocycles. The van der Waals surface area contributed by atoms with Crippen LogP contribution in [0.15, 0.2) is 70.6 Å². The fraction of sp³-hybridized carbons (Fsp3) is 0.100. The summed E-state index contributed by atoms with van der Waals surface area (Å²) in [5.41, 5.74) is 2.25.